The van der Waals surface area contributed by atoms with Crippen LogP contribution < -0.4 is 14.4 Å². The number of anilines is 1. The van der Waals surface area contributed by atoms with Crippen LogP contribution >= 0.6 is 23.2 Å². The number of sulfonamides is 1. The number of nitrogens with zero attached hydrogens (tertiary/aromatic N) is 2. The Hall–Kier alpha value is -4.05. The highest BCUT2D eigenvalue weighted by Crippen LogP contribution is 2.29. The van der Waals surface area contributed by atoms with Crippen molar-refractivity contribution in [2.24, 2.45) is 0 Å². The highest BCUT2D eigenvalue weighted by atomic mass is 35.5. The van der Waals surface area contributed by atoms with Crippen molar-refractivity contribution in [3.8, 4) is 5.75 Å². The quantitative estimate of drug-likeness (QED) is 0.126. The smallest absolute Gasteiger partial charge is 0.264 e. The van der Waals surface area contributed by atoms with E-state index in [1.165, 1.54) is 17.0 Å². The second-order valence-electron chi connectivity index (χ2n) is 10.8. The van der Waals surface area contributed by atoms with Gasteiger partial charge in [-0.25, -0.2) is 8.42 Å². The normalized spacial score (nSPS) is 11.8. The van der Waals surface area contributed by atoms with Crippen molar-refractivity contribution >= 4 is 50.7 Å². The molecule has 2 amide bonds. The first-order valence-corrected chi connectivity index (χ1v) is 17.7. The molecule has 1 N–H and O–H groups in total. The summed E-state index contributed by atoms with van der Waals surface area (Å²) in [4.78, 5) is 29.8. The average Bonchev–Trinajstić information content (AvgIpc) is 3.07. The molecule has 4 rings (SSSR count). The number of hydrogen-bond donors (Lipinski definition) is 1. The molecule has 0 bridgehead atoms. The van der Waals surface area contributed by atoms with E-state index in [0.29, 0.717) is 34.5 Å². The Morgan fingerprint density at radius 1 is 0.830 bits per heavy atom. The summed E-state index contributed by atoms with van der Waals surface area (Å²) in [6.07, 6.45) is 1.82. The van der Waals surface area contributed by atoms with E-state index in [2.05, 4.69) is 5.32 Å². The standard InChI is InChI=1S/C36H39Cl2N3O5S/c1-3-5-23-39-36(43)34(24-27-13-8-6-9-14-27)40(25-31-32(37)17-12-18-33(31)38)35(42)26-41(28-15-10-7-11-16-28)47(44,45)30-21-19-29(20-22-30)46-4-2/h6-22,34H,3-5,23-26H2,1-2H3,(H,39,43)/t34-/m1/s1. The number of unbranched alkanes of at least 4 members (excludes halogenated alkanes) is 1. The highest BCUT2D eigenvalue weighted by Gasteiger charge is 2.35. The molecular formula is C36H39Cl2N3O5S. The van der Waals surface area contributed by atoms with E-state index in [-0.39, 0.29) is 29.5 Å². The monoisotopic (exact) mass is 695 g/mol. The lowest BCUT2D eigenvalue weighted by molar-refractivity contribution is -0.140. The van der Waals surface area contributed by atoms with Gasteiger partial charge in [0.2, 0.25) is 11.8 Å². The van der Waals surface area contributed by atoms with E-state index in [1.807, 2.05) is 44.2 Å². The third kappa shape index (κ3) is 9.50. The number of hydrogen-bond acceptors (Lipinski definition) is 5. The molecule has 0 unspecified atom stereocenters. The van der Waals surface area contributed by atoms with E-state index in [4.69, 9.17) is 27.9 Å². The molecule has 0 saturated carbocycles. The number of amides is 2. The van der Waals surface area contributed by atoms with Gasteiger partial charge in [0.15, 0.2) is 0 Å². The van der Waals surface area contributed by atoms with E-state index in [1.54, 1.807) is 60.7 Å². The maximum Gasteiger partial charge on any atom is 0.264 e. The summed E-state index contributed by atoms with van der Waals surface area (Å²) in [7, 11) is -4.25. The highest BCUT2D eigenvalue weighted by molar-refractivity contribution is 7.92. The van der Waals surface area contributed by atoms with Crippen molar-refractivity contribution in [1.82, 2.24) is 10.2 Å². The number of halogens is 2. The van der Waals surface area contributed by atoms with Gasteiger partial charge >= 0.3 is 0 Å². The molecule has 4 aromatic rings. The van der Waals surface area contributed by atoms with Crippen molar-refractivity contribution in [3.63, 3.8) is 0 Å². The molecule has 0 spiro atoms. The lowest BCUT2D eigenvalue weighted by atomic mass is 10.0. The second-order valence-corrected chi connectivity index (χ2v) is 13.5. The van der Waals surface area contributed by atoms with Crippen molar-refractivity contribution < 1.29 is 22.7 Å². The summed E-state index contributed by atoms with van der Waals surface area (Å²) in [5, 5.41) is 3.61. The second kappa shape index (κ2) is 17.2. The summed E-state index contributed by atoms with van der Waals surface area (Å²) in [5.74, 6) is -0.445. The number of para-hydroxylation sites is 1. The molecule has 0 aliphatic rings. The molecule has 0 aliphatic carbocycles. The number of carbonyl (C=O) groups is 2. The lowest BCUT2D eigenvalue weighted by Gasteiger charge is -2.34. The Bertz CT molecular complexity index is 1700. The molecule has 8 nitrogen and oxygen atoms in total. The zero-order chi connectivity index (χ0) is 33.8. The van der Waals surface area contributed by atoms with Gasteiger partial charge in [-0.1, -0.05) is 91.1 Å². The maximum absolute atomic E-state index is 14.6. The number of carbonyl (C=O) groups excluding carboxylic acids is 2. The van der Waals surface area contributed by atoms with Crippen LogP contribution in [0, 0.1) is 0 Å². The predicted octanol–water partition coefficient (Wildman–Crippen LogP) is 7.14. The number of nitrogens with one attached hydrogen (secondary N) is 1. The Kier molecular flexibility index (Phi) is 13.1. The van der Waals surface area contributed by atoms with Crippen molar-refractivity contribution in [2.45, 2.75) is 50.6 Å². The van der Waals surface area contributed by atoms with Gasteiger partial charge < -0.3 is 15.0 Å². The Morgan fingerprint density at radius 2 is 1.45 bits per heavy atom. The van der Waals surface area contributed by atoms with Gasteiger partial charge in [0.05, 0.1) is 17.2 Å². The van der Waals surface area contributed by atoms with Crippen LogP contribution in [0.5, 0.6) is 5.75 Å². The van der Waals surface area contributed by atoms with Crippen LogP contribution in [-0.4, -0.2) is 50.9 Å². The number of rotatable bonds is 16. The predicted molar refractivity (Wildman–Crippen MR) is 187 cm³/mol. The first-order valence-electron chi connectivity index (χ1n) is 15.5. The molecule has 0 saturated heterocycles. The van der Waals surface area contributed by atoms with Crippen molar-refractivity contribution in [2.75, 3.05) is 24.0 Å². The van der Waals surface area contributed by atoms with E-state index in [9.17, 15) is 18.0 Å². The van der Waals surface area contributed by atoms with Crippen LogP contribution in [0.1, 0.15) is 37.8 Å². The van der Waals surface area contributed by atoms with Gasteiger partial charge in [0.1, 0.15) is 18.3 Å². The molecule has 0 aromatic heterocycles. The molecule has 0 radical (unpaired) electrons. The van der Waals surface area contributed by atoms with E-state index >= 15 is 0 Å². The third-order valence-electron chi connectivity index (χ3n) is 7.54. The topological polar surface area (TPSA) is 96.0 Å². The molecule has 47 heavy (non-hydrogen) atoms. The minimum atomic E-state index is -4.25. The van der Waals surface area contributed by atoms with Crippen molar-refractivity contribution in [1.29, 1.82) is 0 Å². The zero-order valence-corrected chi connectivity index (χ0v) is 28.8. The first kappa shape index (κ1) is 35.8. The molecule has 0 fully saturated rings. The lowest BCUT2D eigenvalue weighted by Crippen LogP contribution is -2.53. The van der Waals surface area contributed by atoms with E-state index < -0.39 is 28.5 Å². The van der Waals surface area contributed by atoms with Crippen LogP contribution in [0.4, 0.5) is 5.69 Å². The first-order chi connectivity index (χ1) is 22.6. The molecule has 1 atom stereocenters. The fourth-order valence-corrected chi connectivity index (χ4v) is 6.97. The summed E-state index contributed by atoms with van der Waals surface area (Å²) in [6.45, 7) is 4.00. The van der Waals surface area contributed by atoms with Gasteiger partial charge in [-0.05, 0) is 67.4 Å². The summed E-state index contributed by atoms with van der Waals surface area (Å²) >= 11 is 13.2. The van der Waals surface area contributed by atoms with Gasteiger partial charge in [-0.2, -0.15) is 0 Å². The number of ether oxygens (including phenoxy) is 1. The van der Waals surface area contributed by atoms with Gasteiger partial charge in [0, 0.05) is 35.1 Å². The molecule has 0 aliphatic heterocycles. The fraction of sp³-hybridized carbons (Fsp3) is 0.278. The van der Waals surface area contributed by atoms with E-state index in [0.717, 1.165) is 22.7 Å². The van der Waals surface area contributed by atoms with Crippen LogP contribution in [0.2, 0.25) is 10.0 Å². The van der Waals surface area contributed by atoms with Crippen LogP contribution in [0.15, 0.2) is 108 Å². The zero-order valence-electron chi connectivity index (χ0n) is 26.4. The minimum absolute atomic E-state index is 0.0172. The molecule has 248 valence electrons. The minimum Gasteiger partial charge on any atom is -0.494 e. The molecule has 4 aromatic carbocycles. The Morgan fingerprint density at radius 3 is 2.04 bits per heavy atom. The summed E-state index contributed by atoms with van der Waals surface area (Å²) in [5.41, 5.74) is 1.56. The molecule has 0 heterocycles. The Labute approximate surface area is 287 Å². The fourth-order valence-electron chi connectivity index (χ4n) is 5.04. The van der Waals surface area contributed by atoms with Gasteiger partial charge in [0.25, 0.3) is 10.0 Å². The summed E-state index contributed by atoms with van der Waals surface area (Å²) in [6, 6.07) is 27.8. The largest absolute Gasteiger partial charge is 0.494 e. The third-order valence-corrected chi connectivity index (χ3v) is 10.0. The van der Waals surface area contributed by atoms with Gasteiger partial charge in [-0.15, -0.1) is 0 Å². The van der Waals surface area contributed by atoms with Crippen LogP contribution in [0.3, 0.4) is 0 Å². The Balaban J connectivity index is 1.79. The molecular weight excluding hydrogens is 657 g/mol. The SMILES string of the molecule is CCCCNC(=O)[C@@H](Cc1ccccc1)N(Cc1c(Cl)cccc1Cl)C(=O)CN(c1ccccc1)S(=O)(=O)c1ccc(OCC)cc1. The van der Waals surface area contributed by atoms with Crippen LogP contribution in [-0.2, 0) is 32.6 Å². The molecule has 11 heteroatoms. The maximum atomic E-state index is 14.6. The average molecular weight is 697 g/mol. The van der Waals surface area contributed by atoms with Gasteiger partial charge in [-0.3, -0.25) is 13.9 Å². The van der Waals surface area contributed by atoms with Crippen LogP contribution in [0.25, 0.3) is 0 Å². The number of benzene rings is 4. The van der Waals surface area contributed by atoms with Crippen molar-refractivity contribution in [3.05, 3.63) is 124 Å². The summed E-state index contributed by atoms with van der Waals surface area (Å²) < 4.78 is 34.9.